The van der Waals surface area contributed by atoms with E-state index in [9.17, 15) is 9.18 Å². The molecule has 0 spiro atoms. The summed E-state index contributed by atoms with van der Waals surface area (Å²) in [7, 11) is 0. The predicted octanol–water partition coefficient (Wildman–Crippen LogP) is 1.86. The van der Waals surface area contributed by atoms with Crippen molar-refractivity contribution in [2.75, 3.05) is 24.6 Å². The predicted molar refractivity (Wildman–Crippen MR) is 76.2 cm³/mol. The van der Waals surface area contributed by atoms with Gasteiger partial charge in [0.2, 0.25) is 0 Å². The van der Waals surface area contributed by atoms with Gasteiger partial charge in [-0.15, -0.1) is 0 Å². The van der Waals surface area contributed by atoms with E-state index >= 15 is 0 Å². The van der Waals surface area contributed by atoms with Crippen molar-refractivity contribution in [1.82, 2.24) is 0 Å². The summed E-state index contributed by atoms with van der Waals surface area (Å²) in [5, 5.41) is 0. The summed E-state index contributed by atoms with van der Waals surface area (Å²) in [6, 6.07) is 4.84. The molecule has 0 aromatic heterocycles. The summed E-state index contributed by atoms with van der Waals surface area (Å²) >= 11 is 0. The molecule has 1 aromatic rings. The number of carbonyl (C=O) groups is 1. The second-order valence-electron chi connectivity index (χ2n) is 5.40. The molecule has 1 aliphatic heterocycles. The molecule has 1 atom stereocenters. The van der Waals surface area contributed by atoms with Crippen LogP contribution in [0.5, 0.6) is 0 Å². The molecule has 0 fully saturated rings. The van der Waals surface area contributed by atoms with Crippen molar-refractivity contribution in [3.63, 3.8) is 0 Å². The Hall–Kier alpha value is -1.62. The molecule has 110 valence electrons. The van der Waals surface area contributed by atoms with E-state index in [1.165, 1.54) is 6.07 Å². The van der Waals surface area contributed by atoms with Crippen molar-refractivity contribution in [2.45, 2.75) is 32.2 Å². The first-order valence-electron chi connectivity index (χ1n) is 6.93. The molecule has 0 saturated carbocycles. The fourth-order valence-electron chi connectivity index (χ4n) is 2.42. The van der Waals surface area contributed by atoms with Gasteiger partial charge in [0.05, 0.1) is 6.61 Å². The maximum atomic E-state index is 13.3. The lowest BCUT2D eigenvalue weighted by molar-refractivity contribution is -0.149. The van der Waals surface area contributed by atoms with Gasteiger partial charge in [0, 0.05) is 18.8 Å². The van der Waals surface area contributed by atoms with Crippen LogP contribution in [0, 0.1) is 5.82 Å². The third kappa shape index (κ3) is 3.10. The number of fused-ring (bicyclic) bond motifs is 1. The first kappa shape index (κ1) is 14.8. The SMILES string of the molecule is CCOC(=O)C(C)(N)CCN1CCc2ccc(F)cc21. The Morgan fingerprint density at radius 3 is 3.00 bits per heavy atom. The van der Waals surface area contributed by atoms with E-state index < -0.39 is 11.5 Å². The number of benzene rings is 1. The summed E-state index contributed by atoms with van der Waals surface area (Å²) in [5.74, 6) is -0.629. The number of nitrogens with two attached hydrogens (primary N) is 1. The molecule has 1 heterocycles. The number of ether oxygens (including phenoxy) is 1. The lowest BCUT2D eigenvalue weighted by Gasteiger charge is -2.26. The molecule has 1 unspecified atom stereocenters. The Bertz CT molecular complexity index is 503. The maximum Gasteiger partial charge on any atom is 0.325 e. The lowest BCUT2D eigenvalue weighted by atomic mass is 9.99. The van der Waals surface area contributed by atoms with Crippen LogP contribution in [0.4, 0.5) is 10.1 Å². The zero-order chi connectivity index (χ0) is 14.8. The third-order valence-corrected chi connectivity index (χ3v) is 3.68. The first-order chi connectivity index (χ1) is 9.44. The van der Waals surface area contributed by atoms with Gasteiger partial charge in [-0.1, -0.05) is 6.07 Å². The minimum atomic E-state index is -1.01. The number of halogens is 1. The van der Waals surface area contributed by atoms with Crippen molar-refractivity contribution >= 4 is 11.7 Å². The zero-order valence-corrected chi connectivity index (χ0v) is 12.0. The van der Waals surface area contributed by atoms with Gasteiger partial charge in [-0.3, -0.25) is 4.79 Å². The molecular weight excluding hydrogens is 259 g/mol. The summed E-state index contributed by atoms with van der Waals surface area (Å²) in [4.78, 5) is 13.8. The van der Waals surface area contributed by atoms with Crippen LogP contribution in [0.1, 0.15) is 25.8 Å². The highest BCUT2D eigenvalue weighted by atomic mass is 19.1. The quantitative estimate of drug-likeness (QED) is 0.836. The summed E-state index contributed by atoms with van der Waals surface area (Å²) in [6.07, 6.45) is 1.37. The third-order valence-electron chi connectivity index (χ3n) is 3.68. The van der Waals surface area contributed by atoms with Crippen LogP contribution in [-0.2, 0) is 16.0 Å². The fourth-order valence-corrected chi connectivity index (χ4v) is 2.42. The number of hydrogen-bond acceptors (Lipinski definition) is 4. The Morgan fingerprint density at radius 1 is 1.55 bits per heavy atom. The molecule has 0 aliphatic carbocycles. The molecule has 0 radical (unpaired) electrons. The van der Waals surface area contributed by atoms with Crippen molar-refractivity contribution in [2.24, 2.45) is 5.73 Å². The normalized spacial score (nSPS) is 16.7. The van der Waals surface area contributed by atoms with Crippen molar-refractivity contribution in [3.05, 3.63) is 29.6 Å². The summed E-state index contributed by atoms with van der Waals surface area (Å²) < 4.78 is 18.3. The molecule has 2 rings (SSSR count). The number of anilines is 1. The minimum Gasteiger partial charge on any atom is -0.465 e. The largest absolute Gasteiger partial charge is 0.465 e. The van der Waals surface area contributed by atoms with Crippen LogP contribution in [0.2, 0.25) is 0 Å². The van der Waals surface area contributed by atoms with E-state index in [0.717, 1.165) is 24.2 Å². The van der Waals surface area contributed by atoms with Gasteiger partial charge in [-0.25, -0.2) is 4.39 Å². The van der Waals surface area contributed by atoms with Crippen LogP contribution < -0.4 is 10.6 Å². The van der Waals surface area contributed by atoms with Gasteiger partial charge < -0.3 is 15.4 Å². The van der Waals surface area contributed by atoms with Gasteiger partial charge in [-0.2, -0.15) is 0 Å². The van der Waals surface area contributed by atoms with Crippen molar-refractivity contribution in [3.8, 4) is 0 Å². The molecule has 1 aromatic carbocycles. The van der Waals surface area contributed by atoms with Gasteiger partial charge in [0.1, 0.15) is 11.4 Å². The average molecular weight is 280 g/mol. The van der Waals surface area contributed by atoms with Crippen LogP contribution in [0.25, 0.3) is 0 Å². The molecule has 1 aliphatic rings. The van der Waals surface area contributed by atoms with Crippen LogP contribution >= 0.6 is 0 Å². The zero-order valence-electron chi connectivity index (χ0n) is 12.0. The molecular formula is C15H21FN2O2. The first-order valence-corrected chi connectivity index (χ1v) is 6.93. The van der Waals surface area contributed by atoms with Crippen LogP contribution in [-0.4, -0.2) is 31.2 Å². The molecule has 2 N–H and O–H groups in total. The monoisotopic (exact) mass is 280 g/mol. The number of rotatable bonds is 5. The second kappa shape index (κ2) is 5.79. The topological polar surface area (TPSA) is 55.6 Å². The van der Waals surface area contributed by atoms with Crippen LogP contribution in [0.15, 0.2) is 18.2 Å². The molecule has 0 bridgehead atoms. The Labute approximate surface area is 118 Å². The summed E-state index contributed by atoms with van der Waals surface area (Å²) in [6.45, 7) is 5.20. The fraction of sp³-hybridized carbons (Fsp3) is 0.533. The lowest BCUT2D eigenvalue weighted by Crippen LogP contribution is -2.48. The highest BCUT2D eigenvalue weighted by molar-refractivity contribution is 5.80. The smallest absolute Gasteiger partial charge is 0.325 e. The van der Waals surface area contributed by atoms with Crippen molar-refractivity contribution < 1.29 is 13.9 Å². The number of nitrogens with zero attached hydrogens (tertiary/aromatic N) is 1. The van der Waals surface area contributed by atoms with E-state index in [-0.39, 0.29) is 5.82 Å². The van der Waals surface area contributed by atoms with Gasteiger partial charge >= 0.3 is 5.97 Å². The van der Waals surface area contributed by atoms with E-state index in [4.69, 9.17) is 10.5 Å². The Morgan fingerprint density at radius 2 is 2.30 bits per heavy atom. The van der Waals surface area contributed by atoms with Crippen LogP contribution in [0.3, 0.4) is 0 Å². The molecule has 0 amide bonds. The molecule has 5 heteroatoms. The van der Waals surface area contributed by atoms with E-state index in [1.54, 1.807) is 19.9 Å². The summed E-state index contributed by atoms with van der Waals surface area (Å²) in [5.41, 5.74) is 7.04. The molecule has 20 heavy (non-hydrogen) atoms. The standard InChI is InChI=1S/C15H21FN2O2/c1-3-20-14(19)15(2,17)7-9-18-8-6-11-4-5-12(16)10-13(11)18/h4-5,10H,3,6-9,17H2,1-2H3. The van der Waals surface area contributed by atoms with Gasteiger partial charge in [0.25, 0.3) is 0 Å². The Kier molecular flexibility index (Phi) is 4.28. The van der Waals surface area contributed by atoms with Crippen molar-refractivity contribution in [1.29, 1.82) is 0 Å². The minimum absolute atomic E-state index is 0.239. The number of esters is 1. The average Bonchev–Trinajstić information content (AvgIpc) is 2.79. The van der Waals surface area contributed by atoms with Gasteiger partial charge in [0.15, 0.2) is 0 Å². The Balaban J connectivity index is 2.00. The van der Waals surface area contributed by atoms with E-state index in [2.05, 4.69) is 4.90 Å². The number of carbonyl (C=O) groups excluding carboxylic acids is 1. The second-order valence-corrected chi connectivity index (χ2v) is 5.40. The highest BCUT2D eigenvalue weighted by Crippen LogP contribution is 2.29. The van der Waals surface area contributed by atoms with E-state index in [1.807, 2.05) is 6.07 Å². The molecule has 0 saturated heterocycles. The van der Waals surface area contributed by atoms with Gasteiger partial charge in [-0.05, 0) is 44.4 Å². The maximum absolute atomic E-state index is 13.3. The number of hydrogen-bond donors (Lipinski definition) is 1. The molecule has 4 nitrogen and oxygen atoms in total. The highest BCUT2D eigenvalue weighted by Gasteiger charge is 2.31. The van der Waals surface area contributed by atoms with E-state index in [0.29, 0.717) is 19.6 Å².